The Morgan fingerprint density at radius 2 is 1.39 bits per heavy atom. The van der Waals surface area contributed by atoms with E-state index in [-0.39, 0.29) is 5.75 Å². The van der Waals surface area contributed by atoms with E-state index in [2.05, 4.69) is 0 Å². The van der Waals surface area contributed by atoms with Gasteiger partial charge in [-0.25, -0.2) is 0 Å². The van der Waals surface area contributed by atoms with Crippen molar-refractivity contribution in [2.45, 2.75) is 74.4 Å². The second kappa shape index (κ2) is 12.2. The zero-order valence-corrected chi connectivity index (χ0v) is 22.3. The number of rotatable bonds is 7. The Morgan fingerprint density at radius 1 is 0.732 bits per heavy atom. The van der Waals surface area contributed by atoms with Crippen molar-refractivity contribution in [3.63, 3.8) is 0 Å². The van der Waals surface area contributed by atoms with Gasteiger partial charge in [0.2, 0.25) is 6.29 Å². The highest BCUT2D eigenvalue weighted by atomic mass is 16.7. The van der Waals surface area contributed by atoms with Crippen LogP contribution in [0.15, 0.2) is 48.7 Å². The van der Waals surface area contributed by atoms with Crippen molar-refractivity contribution in [1.29, 1.82) is 0 Å². The van der Waals surface area contributed by atoms with Crippen molar-refractivity contribution in [2.75, 3.05) is 13.7 Å². The Morgan fingerprint density at radius 3 is 2.10 bits per heavy atom. The van der Waals surface area contributed by atoms with Crippen LogP contribution < -0.4 is 14.2 Å². The van der Waals surface area contributed by atoms with Crippen molar-refractivity contribution in [1.82, 2.24) is 0 Å². The Kier molecular flexibility index (Phi) is 8.82. The molecule has 41 heavy (non-hydrogen) atoms. The first kappa shape index (κ1) is 29.7. The van der Waals surface area contributed by atoms with Gasteiger partial charge in [0.1, 0.15) is 66.1 Å². The molecule has 7 N–H and O–H groups in total. The molecule has 3 aliphatic heterocycles. The predicted octanol–water partition coefficient (Wildman–Crippen LogP) is -0.807. The van der Waals surface area contributed by atoms with Gasteiger partial charge in [-0.2, -0.15) is 0 Å². The molecule has 0 aliphatic carbocycles. The van der Waals surface area contributed by atoms with Gasteiger partial charge in [-0.15, -0.1) is 0 Å². The fourth-order valence-electron chi connectivity index (χ4n) is 4.92. The molecule has 0 amide bonds. The lowest BCUT2D eigenvalue weighted by Crippen LogP contribution is -2.61. The minimum Gasteiger partial charge on any atom is -0.497 e. The third kappa shape index (κ3) is 5.92. The van der Waals surface area contributed by atoms with Gasteiger partial charge >= 0.3 is 0 Å². The maximum atomic E-state index is 11.1. The van der Waals surface area contributed by atoms with Crippen LogP contribution in [-0.4, -0.2) is 111 Å². The molecular formula is C28H34O13. The Balaban J connectivity index is 1.27. The molecule has 224 valence electrons. The fourth-order valence-corrected chi connectivity index (χ4v) is 4.92. The van der Waals surface area contributed by atoms with Gasteiger partial charge in [0.05, 0.1) is 26.1 Å². The van der Waals surface area contributed by atoms with Crippen LogP contribution in [0.25, 0.3) is 5.57 Å². The highest BCUT2D eigenvalue weighted by molar-refractivity contribution is 5.73. The van der Waals surface area contributed by atoms with Gasteiger partial charge in [-0.05, 0) is 42.8 Å². The van der Waals surface area contributed by atoms with E-state index >= 15 is 0 Å². The molecule has 2 aromatic carbocycles. The smallest absolute Gasteiger partial charge is 0.229 e. The Labute approximate surface area is 235 Å². The molecule has 0 unspecified atom stereocenters. The third-order valence-electron chi connectivity index (χ3n) is 7.46. The first-order valence-electron chi connectivity index (χ1n) is 13.1. The van der Waals surface area contributed by atoms with Crippen LogP contribution >= 0.6 is 0 Å². The van der Waals surface area contributed by atoms with E-state index < -0.39 is 74.1 Å². The molecule has 0 spiro atoms. The van der Waals surface area contributed by atoms with Crippen molar-refractivity contribution in [3.8, 4) is 17.2 Å². The number of aliphatic hydroxyl groups is 7. The van der Waals surface area contributed by atoms with E-state index in [4.69, 9.17) is 28.4 Å². The van der Waals surface area contributed by atoms with E-state index in [0.29, 0.717) is 28.2 Å². The molecule has 11 atom stereocenters. The molecule has 5 rings (SSSR count). The molecule has 2 saturated heterocycles. The number of fused-ring (bicyclic) bond motifs is 1. The SMILES string of the molecule is COc1ccc(C2=COc3ccc(O[C@@H]4O[C@H](CO[C@@H]5O[C@@H](C)[C@@H](O)[C@H](O)[C@@H]5O)[C@H](O)[C@H](O)[C@@H]4O)cc3[C@@H]2O)cc1. The summed E-state index contributed by atoms with van der Waals surface area (Å²) in [6.45, 7) is 1.07. The van der Waals surface area contributed by atoms with Crippen molar-refractivity contribution in [2.24, 2.45) is 0 Å². The van der Waals surface area contributed by atoms with Crippen molar-refractivity contribution < 1.29 is 64.2 Å². The van der Waals surface area contributed by atoms with Gasteiger partial charge < -0.3 is 64.2 Å². The lowest BCUT2D eigenvalue weighted by molar-refractivity contribution is -0.318. The summed E-state index contributed by atoms with van der Waals surface area (Å²) >= 11 is 0. The maximum Gasteiger partial charge on any atom is 0.229 e. The van der Waals surface area contributed by atoms with Crippen LogP contribution in [0.4, 0.5) is 0 Å². The first-order valence-corrected chi connectivity index (χ1v) is 13.1. The van der Waals surface area contributed by atoms with Crippen LogP contribution in [-0.2, 0) is 14.2 Å². The van der Waals surface area contributed by atoms with E-state index in [0.717, 1.165) is 0 Å². The summed E-state index contributed by atoms with van der Waals surface area (Å²) in [5.41, 5.74) is 1.60. The molecule has 0 aromatic heterocycles. The van der Waals surface area contributed by atoms with E-state index in [1.165, 1.54) is 25.3 Å². The number of aliphatic hydroxyl groups excluding tert-OH is 7. The van der Waals surface area contributed by atoms with Gasteiger partial charge in [0.25, 0.3) is 0 Å². The number of hydrogen-bond donors (Lipinski definition) is 7. The Hall–Kier alpha value is -2.82. The quantitative estimate of drug-likeness (QED) is 0.216. The Bertz CT molecular complexity index is 1220. The topological polar surface area (TPSA) is 197 Å². The first-order chi connectivity index (χ1) is 19.6. The van der Waals surface area contributed by atoms with Crippen LogP contribution in [0.1, 0.15) is 24.2 Å². The number of benzene rings is 2. The van der Waals surface area contributed by atoms with Crippen molar-refractivity contribution >= 4 is 5.57 Å². The molecule has 0 bridgehead atoms. The minimum atomic E-state index is -1.68. The molecule has 13 nitrogen and oxygen atoms in total. The van der Waals surface area contributed by atoms with Gasteiger partial charge in [0.15, 0.2) is 6.29 Å². The molecule has 13 heteroatoms. The molecule has 2 fully saturated rings. The predicted molar refractivity (Wildman–Crippen MR) is 139 cm³/mol. The van der Waals surface area contributed by atoms with E-state index in [1.54, 1.807) is 37.4 Å². The second-order valence-corrected chi connectivity index (χ2v) is 10.2. The second-order valence-electron chi connectivity index (χ2n) is 10.2. The summed E-state index contributed by atoms with van der Waals surface area (Å²) in [6.07, 6.45) is -13.8. The molecule has 3 heterocycles. The summed E-state index contributed by atoms with van der Waals surface area (Å²) in [4.78, 5) is 0. The number of ether oxygens (including phenoxy) is 6. The zero-order chi connectivity index (χ0) is 29.4. The molecule has 0 radical (unpaired) electrons. The number of hydrogen-bond acceptors (Lipinski definition) is 13. The lowest BCUT2D eigenvalue weighted by atomic mass is 9.94. The van der Waals surface area contributed by atoms with Crippen LogP contribution in [0, 0.1) is 0 Å². The van der Waals surface area contributed by atoms with Crippen LogP contribution in [0.2, 0.25) is 0 Å². The average molecular weight is 579 g/mol. The van der Waals surface area contributed by atoms with Gasteiger partial charge in [-0.1, -0.05) is 12.1 Å². The summed E-state index contributed by atoms with van der Waals surface area (Å²) in [6, 6.07) is 11.7. The highest BCUT2D eigenvalue weighted by Crippen LogP contribution is 2.41. The largest absolute Gasteiger partial charge is 0.497 e. The van der Waals surface area contributed by atoms with Crippen molar-refractivity contribution in [3.05, 3.63) is 59.9 Å². The number of methoxy groups -OCH3 is 1. The maximum absolute atomic E-state index is 11.1. The molecule has 0 saturated carbocycles. The van der Waals surface area contributed by atoms with Gasteiger partial charge in [0, 0.05) is 11.1 Å². The molecular weight excluding hydrogens is 544 g/mol. The van der Waals surface area contributed by atoms with Crippen LogP contribution in [0.3, 0.4) is 0 Å². The normalized spacial score (nSPS) is 37.0. The lowest BCUT2D eigenvalue weighted by Gasteiger charge is -2.42. The standard InChI is InChI=1S/C28H34O13/c1-12-20(29)23(32)25(34)27(39-12)38-11-19-22(31)24(33)26(35)28(41-19)40-15-7-8-18-16(9-15)21(30)17(10-37-18)13-3-5-14(36-2)6-4-13/h3-10,12,19-35H,11H2,1-2H3/t12-,19+,20+,21-,22-,23-,24-,25-,26-,27+,28+/m0/s1. The van der Waals surface area contributed by atoms with Gasteiger partial charge in [-0.3, -0.25) is 0 Å². The summed E-state index contributed by atoms with van der Waals surface area (Å²) in [7, 11) is 1.56. The van der Waals surface area contributed by atoms with E-state index in [1.807, 2.05) is 0 Å². The zero-order valence-electron chi connectivity index (χ0n) is 22.3. The van der Waals surface area contributed by atoms with Crippen LogP contribution in [0.5, 0.6) is 17.2 Å². The highest BCUT2D eigenvalue weighted by Gasteiger charge is 2.47. The molecule has 2 aromatic rings. The van der Waals surface area contributed by atoms with E-state index in [9.17, 15) is 35.7 Å². The monoisotopic (exact) mass is 578 g/mol. The summed E-state index contributed by atoms with van der Waals surface area (Å²) in [5.74, 6) is 1.22. The third-order valence-corrected chi connectivity index (χ3v) is 7.46. The minimum absolute atomic E-state index is 0.173. The fraction of sp³-hybridized carbons (Fsp3) is 0.500. The average Bonchev–Trinajstić information content (AvgIpc) is 2.98. The summed E-state index contributed by atoms with van der Waals surface area (Å²) < 4.78 is 33.3. The molecule has 3 aliphatic rings. The summed E-state index contributed by atoms with van der Waals surface area (Å²) in [5, 5.41) is 72.6.